The second kappa shape index (κ2) is 8.89. The van der Waals surface area contributed by atoms with E-state index < -0.39 is 0 Å². The molecule has 5 heteroatoms. The highest BCUT2D eigenvalue weighted by Gasteiger charge is 2.24. The lowest BCUT2D eigenvalue weighted by molar-refractivity contribution is -0.915. The molecule has 0 bridgehead atoms. The van der Waals surface area contributed by atoms with Crippen LogP contribution >= 0.6 is 0 Å². The molecule has 0 saturated carbocycles. The Morgan fingerprint density at radius 3 is 2.43 bits per heavy atom. The second-order valence-corrected chi connectivity index (χ2v) is 6.24. The molecule has 1 aliphatic heterocycles. The van der Waals surface area contributed by atoms with E-state index in [9.17, 15) is 4.79 Å². The third-order valence-corrected chi connectivity index (χ3v) is 4.09. The predicted molar refractivity (Wildman–Crippen MR) is 88.1 cm³/mol. The quantitative estimate of drug-likeness (QED) is 0.608. The lowest BCUT2D eigenvalue weighted by Gasteiger charge is -2.32. The fourth-order valence-electron chi connectivity index (χ4n) is 3.07. The summed E-state index contributed by atoms with van der Waals surface area (Å²) in [5.74, 6) is 0.465. The summed E-state index contributed by atoms with van der Waals surface area (Å²) in [6.07, 6.45) is 2.90. The number of carbonyl (C=O) groups is 1. The van der Waals surface area contributed by atoms with Gasteiger partial charge in [0.15, 0.2) is 0 Å². The molecule has 0 spiro atoms. The van der Waals surface area contributed by atoms with Gasteiger partial charge in [0, 0.05) is 0 Å². The van der Waals surface area contributed by atoms with Gasteiger partial charge in [-0.2, -0.15) is 0 Å². The fourth-order valence-corrected chi connectivity index (χ4v) is 3.07. The van der Waals surface area contributed by atoms with Crippen molar-refractivity contribution in [2.24, 2.45) is 0 Å². The molecule has 1 aliphatic rings. The van der Waals surface area contributed by atoms with E-state index >= 15 is 0 Å². The van der Waals surface area contributed by atoms with Crippen LogP contribution in [0.2, 0.25) is 0 Å². The average Bonchev–Trinajstić information content (AvgIpc) is 2.53. The number of ether oxygens (including phenoxy) is 3. The highest BCUT2D eigenvalue weighted by molar-refractivity contribution is 5.89. The van der Waals surface area contributed by atoms with Crippen molar-refractivity contribution in [3.8, 4) is 5.75 Å². The van der Waals surface area contributed by atoms with Crippen molar-refractivity contribution in [1.29, 1.82) is 0 Å². The minimum absolute atomic E-state index is 0.325. The predicted octanol–water partition coefficient (Wildman–Crippen LogP) is 1.32. The molecule has 1 aromatic carbocycles. The van der Waals surface area contributed by atoms with Crippen LogP contribution in [0, 0.1) is 0 Å². The number of quaternary nitrogens is 1. The number of rotatable bonds is 7. The molecule has 0 aromatic heterocycles. The Balaban J connectivity index is 1.63. The van der Waals surface area contributed by atoms with Crippen LogP contribution in [-0.4, -0.2) is 51.5 Å². The Labute approximate surface area is 138 Å². The van der Waals surface area contributed by atoms with Gasteiger partial charge in [-0.15, -0.1) is 0 Å². The summed E-state index contributed by atoms with van der Waals surface area (Å²) in [5, 5.41) is 0. The number of carbonyl (C=O) groups excluding carboxylic acids is 1. The first kappa shape index (κ1) is 17.8. The summed E-state index contributed by atoms with van der Waals surface area (Å²) in [6, 6.07) is 7.06. The third-order valence-electron chi connectivity index (χ3n) is 4.09. The van der Waals surface area contributed by atoms with Gasteiger partial charge in [0.1, 0.15) is 31.0 Å². The minimum Gasteiger partial charge on any atom is -0.494 e. The molecular weight excluding hydrogens is 294 g/mol. The van der Waals surface area contributed by atoms with Gasteiger partial charge < -0.3 is 19.1 Å². The van der Waals surface area contributed by atoms with E-state index in [-0.39, 0.29) is 5.97 Å². The molecule has 23 heavy (non-hydrogen) atoms. The van der Waals surface area contributed by atoms with Gasteiger partial charge >= 0.3 is 5.97 Å². The maximum Gasteiger partial charge on any atom is 0.337 e. The number of hydrogen-bond donors (Lipinski definition) is 1. The van der Waals surface area contributed by atoms with Crippen LogP contribution in [0.5, 0.6) is 5.75 Å². The Morgan fingerprint density at radius 2 is 1.83 bits per heavy atom. The topological polar surface area (TPSA) is 49.2 Å². The number of morpholine rings is 1. The zero-order valence-electron chi connectivity index (χ0n) is 14.3. The normalized spacial score (nSPS) is 24.2. The molecule has 2 rings (SSSR count). The lowest BCUT2D eigenvalue weighted by atomic mass is 10.2. The molecule has 0 aliphatic carbocycles. The molecule has 1 aromatic rings. The van der Waals surface area contributed by atoms with E-state index in [1.165, 1.54) is 13.7 Å². The van der Waals surface area contributed by atoms with Crippen LogP contribution < -0.4 is 9.64 Å². The molecule has 5 nitrogen and oxygen atoms in total. The van der Waals surface area contributed by atoms with Gasteiger partial charge in [-0.3, -0.25) is 0 Å². The average molecular weight is 322 g/mol. The number of esters is 1. The Hall–Kier alpha value is -1.59. The molecule has 128 valence electrons. The molecule has 1 unspecified atom stereocenters. The van der Waals surface area contributed by atoms with Crippen molar-refractivity contribution in [2.75, 3.05) is 33.4 Å². The molecule has 1 heterocycles. The number of methoxy groups -OCH3 is 1. The summed E-state index contributed by atoms with van der Waals surface area (Å²) >= 11 is 0. The minimum atomic E-state index is -0.325. The van der Waals surface area contributed by atoms with Crippen LogP contribution in [0.1, 0.15) is 37.0 Å². The van der Waals surface area contributed by atoms with Gasteiger partial charge in [0.05, 0.1) is 25.8 Å². The standard InChI is InChI=1S/C18H27NO4/c1-14-12-19(13-15(2)23-14)10-4-5-11-22-17-8-6-16(7-9-17)18(20)21-3/h6-9,14-15H,4-5,10-13H2,1-3H3/p+1/t14-,15+. The SMILES string of the molecule is COC(=O)c1ccc(OCCCC[NH+]2C[C@@H](C)O[C@@H](C)C2)cc1. The van der Waals surface area contributed by atoms with Gasteiger partial charge in [0.2, 0.25) is 0 Å². The van der Waals surface area contributed by atoms with Gasteiger partial charge in [-0.25, -0.2) is 4.79 Å². The first-order valence-corrected chi connectivity index (χ1v) is 8.38. The van der Waals surface area contributed by atoms with Crippen molar-refractivity contribution < 1.29 is 23.9 Å². The summed E-state index contributed by atoms with van der Waals surface area (Å²) < 4.78 is 16.1. The zero-order chi connectivity index (χ0) is 16.7. The van der Waals surface area contributed by atoms with Crippen molar-refractivity contribution in [3.63, 3.8) is 0 Å². The van der Waals surface area contributed by atoms with Gasteiger partial charge in [-0.1, -0.05) is 0 Å². The fraction of sp³-hybridized carbons (Fsp3) is 0.611. The molecule has 3 atom stereocenters. The van der Waals surface area contributed by atoms with Crippen LogP contribution in [0.3, 0.4) is 0 Å². The van der Waals surface area contributed by atoms with Crippen molar-refractivity contribution in [3.05, 3.63) is 29.8 Å². The summed E-state index contributed by atoms with van der Waals surface area (Å²) in [4.78, 5) is 13.0. The summed E-state index contributed by atoms with van der Waals surface area (Å²) in [6.45, 7) is 8.36. The molecule has 1 fully saturated rings. The number of hydrogen-bond acceptors (Lipinski definition) is 4. The van der Waals surface area contributed by atoms with E-state index in [1.54, 1.807) is 17.0 Å². The first-order chi connectivity index (χ1) is 11.1. The number of unbranched alkanes of at least 4 members (excludes halogenated alkanes) is 1. The molecule has 0 radical (unpaired) electrons. The Morgan fingerprint density at radius 1 is 1.17 bits per heavy atom. The van der Waals surface area contributed by atoms with E-state index in [1.807, 2.05) is 12.1 Å². The molecule has 1 saturated heterocycles. The summed E-state index contributed by atoms with van der Waals surface area (Å²) in [5.41, 5.74) is 0.541. The second-order valence-electron chi connectivity index (χ2n) is 6.24. The van der Waals surface area contributed by atoms with Crippen LogP contribution in [0.25, 0.3) is 0 Å². The zero-order valence-corrected chi connectivity index (χ0v) is 14.3. The number of nitrogens with one attached hydrogen (secondary N) is 1. The highest BCUT2D eigenvalue weighted by Crippen LogP contribution is 2.13. The third kappa shape index (κ3) is 5.84. The van der Waals surface area contributed by atoms with Crippen molar-refractivity contribution in [1.82, 2.24) is 0 Å². The van der Waals surface area contributed by atoms with E-state index in [2.05, 4.69) is 18.6 Å². The largest absolute Gasteiger partial charge is 0.494 e. The Bertz CT molecular complexity index is 478. The summed E-state index contributed by atoms with van der Waals surface area (Å²) in [7, 11) is 1.38. The van der Waals surface area contributed by atoms with Crippen LogP contribution in [-0.2, 0) is 9.47 Å². The maximum atomic E-state index is 11.3. The van der Waals surface area contributed by atoms with Crippen molar-refractivity contribution >= 4 is 5.97 Å². The van der Waals surface area contributed by atoms with E-state index in [4.69, 9.17) is 9.47 Å². The first-order valence-electron chi connectivity index (χ1n) is 8.38. The van der Waals surface area contributed by atoms with Gasteiger partial charge in [0.25, 0.3) is 0 Å². The van der Waals surface area contributed by atoms with Crippen LogP contribution in [0.15, 0.2) is 24.3 Å². The molecular formula is C18H28NO4+. The van der Waals surface area contributed by atoms with Crippen molar-refractivity contribution in [2.45, 2.75) is 38.9 Å². The monoisotopic (exact) mass is 322 g/mol. The number of benzene rings is 1. The van der Waals surface area contributed by atoms with Crippen LogP contribution in [0.4, 0.5) is 0 Å². The van der Waals surface area contributed by atoms with E-state index in [0.29, 0.717) is 24.4 Å². The maximum absolute atomic E-state index is 11.3. The molecule has 0 amide bonds. The smallest absolute Gasteiger partial charge is 0.337 e. The Kier molecular flexibility index (Phi) is 6.86. The molecule has 1 N–H and O–H groups in total. The lowest BCUT2D eigenvalue weighted by Crippen LogP contribution is -3.15. The highest BCUT2D eigenvalue weighted by atomic mass is 16.5. The van der Waals surface area contributed by atoms with Gasteiger partial charge in [-0.05, 0) is 51.0 Å². The van der Waals surface area contributed by atoms with E-state index in [0.717, 1.165) is 31.7 Å².